The number of hydrogen-bond donors (Lipinski definition) is 1. The highest BCUT2D eigenvalue weighted by atomic mass is 16.3. The topological polar surface area (TPSA) is 40.5 Å². The van der Waals surface area contributed by atoms with Gasteiger partial charge in [0.25, 0.3) is 0 Å². The molecule has 1 aromatic rings. The quantitative estimate of drug-likeness (QED) is 0.826. The monoisotopic (exact) mass is 261 g/mol. The van der Waals surface area contributed by atoms with Crippen molar-refractivity contribution in [3.63, 3.8) is 0 Å². The van der Waals surface area contributed by atoms with E-state index in [-0.39, 0.29) is 18.3 Å². The van der Waals surface area contributed by atoms with Crippen molar-refractivity contribution < 1.29 is 9.90 Å². The summed E-state index contributed by atoms with van der Waals surface area (Å²) >= 11 is 0. The number of aliphatic hydroxyl groups excluding tert-OH is 1. The summed E-state index contributed by atoms with van der Waals surface area (Å²) in [7, 11) is 0. The minimum Gasteiger partial charge on any atom is -0.396 e. The molecular formula is C16H23NO2. The van der Waals surface area contributed by atoms with Crippen molar-refractivity contribution in [2.24, 2.45) is 11.8 Å². The zero-order valence-electron chi connectivity index (χ0n) is 11.6. The van der Waals surface area contributed by atoms with Crippen LogP contribution >= 0.6 is 0 Å². The molecule has 1 aliphatic heterocycles. The van der Waals surface area contributed by atoms with Crippen LogP contribution in [0.15, 0.2) is 30.3 Å². The number of carbonyl (C=O) groups is 1. The third-order valence-electron chi connectivity index (χ3n) is 3.90. The van der Waals surface area contributed by atoms with Crippen molar-refractivity contribution in [3.05, 3.63) is 35.9 Å². The van der Waals surface area contributed by atoms with Crippen LogP contribution in [0, 0.1) is 11.8 Å². The zero-order chi connectivity index (χ0) is 13.7. The van der Waals surface area contributed by atoms with Gasteiger partial charge in [-0.25, -0.2) is 0 Å². The Kier molecular flexibility index (Phi) is 5.11. The smallest absolute Gasteiger partial charge is 0.166 e. The fourth-order valence-corrected chi connectivity index (χ4v) is 2.82. The molecule has 1 saturated heterocycles. The third kappa shape index (κ3) is 3.88. The summed E-state index contributed by atoms with van der Waals surface area (Å²) in [5, 5.41) is 9.24. The van der Waals surface area contributed by atoms with Gasteiger partial charge in [-0.1, -0.05) is 37.3 Å². The van der Waals surface area contributed by atoms with Gasteiger partial charge in [-0.3, -0.25) is 4.79 Å². The second-order valence-electron chi connectivity index (χ2n) is 5.58. The number of carbonyl (C=O) groups excluding carboxylic acids is 1. The third-order valence-corrected chi connectivity index (χ3v) is 3.90. The first-order valence-corrected chi connectivity index (χ1v) is 7.13. The molecule has 2 rings (SSSR count). The lowest BCUT2D eigenvalue weighted by Gasteiger charge is -2.33. The molecule has 0 aromatic heterocycles. The predicted molar refractivity (Wildman–Crippen MR) is 76.2 cm³/mol. The summed E-state index contributed by atoms with van der Waals surface area (Å²) < 4.78 is 0. The molecule has 0 saturated carbocycles. The van der Waals surface area contributed by atoms with Crippen LogP contribution in [-0.4, -0.2) is 42.0 Å². The van der Waals surface area contributed by atoms with E-state index in [1.165, 1.54) is 0 Å². The minimum atomic E-state index is 0.0137. The first-order chi connectivity index (χ1) is 9.20. The molecule has 0 spiro atoms. The van der Waals surface area contributed by atoms with E-state index < -0.39 is 0 Å². The Balaban J connectivity index is 1.90. The molecule has 2 atom stereocenters. The Morgan fingerprint density at radius 3 is 2.84 bits per heavy atom. The number of aliphatic hydroxyl groups is 1. The fourth-order valence-electron chi connectivity index (χ4n) is 2.82. The molecular weight excluding hydrogens is 238 g/mol. The van der Waals surface area contributed by atoms with Crippen LogP contribution in [0.1, 0.15) is 30.1 Å². The molecule has 1 heterocycles. The van der Waals surface area contributed by atoms with Gasteiger partial charge in [-0.2, -0.15) is 0 Å². The molecule has 2 unspecified atom stereocenters. The predicted octanol–water partition coefficient (Wildman–Crippen LogP) is 2.21. The van der Waals surface area contributed by atoms with Crippen LogP contribution in [0.25, 0.3) is 0 Å². The SMILES string of the molecule is CC(CN1CCCC(CO)C1)C(=O)c1ccccc1. The number of piperidine rings is 1. The van der Waals surface area contributed by atoms with E-state index in [9.17, 15) is 9.90 Å². The Labute approximate surface area is 115 Å². The number of benzene rings is 1. The van der Waals surface area contributed by atoms with Crippen LogP contribution < -0.4 is 0 Å². The lowest BCUT2D eigenvalue weighted by molar-refractivity contribution is 0.0818. The average Bonchev–Trinajstić information content (AvgIpc) is 2.47. The average molecular weight is 261 g/mol. The number of nitrogens with zero attached hydrogens (tertiary/aromatic N) is 1. The zero-order valence-corrected chi connectivity index (χ0v) is 11.6. The van der Waals surface area contributed by atoms with Gasteiger partial charge in [0, 0.05) is 31.2 Å². The molecule has 0 amide bonds. The highest BCUT2D eigenvalue weighted by Crippen LogP contribution is 2.18. The van der Waals surface area contributed by atoms with Crippen LogP contribution in [0.4, 0.5) is 0 Å². The first kappa shape index (κ1) is 14.2. The lowest BCUT2D eigenvalue weighted by Crippen LogP contribution is -2.40. The van der Waals surface area contributed by atoms with E-state index in [2.05, 4.69) is 4.90 Å². The second kappa shape index (κ2) is 6.83. The number of rotatable bonds is 5. The molecule has 3 nitrogen and oxygen atoms in total. The maximum atomic E-state index is 12.3. The first-order valence-electron chi connectivity index (χ1n) is 7.13. The Morgan fingerprint density at radius 2 is 2.16 bits per heavy atom. The van der Waals surface area contributed by atoms with Gasteiger partial charge < -0.3 is 10.0 Å². The molecule has 19 heavy (non-hydrogen) atoms. The molecule has 1 aromatic carbocycles. The highest BCUT2D eigenvalue weighted by Gasteiger charge is 2.23. The van der Waals surface area contributed by atoms with Crippen molar-refractivity contribution in [1.82, 2.24) is 4.90 Å². The highest BCUT2D eigenvalue weighted by molar-refractivity contribution is 5.97. The van der Waals surface area contributed by atoms with Gasteiger partial charge in [-0.05, 0) is 25.3 Å². The van der Waals surface area contributed by atoms with E-state index in [4.69, 9.17) is 0 Å². The standard InChI is InChI=1S/C16H23NO2/c1-13(16(19)15-7-3-2-4-8-15)10-17-9-5-6-14(11-17)12-18/h2-4,7-8,13-14,18H,5-6,9-12H2,1H3. The van der Waals surface area contributed by atoms with E-state index in [0.29, 0.717) is 5.92 Å². The van der Waals surface area contributed by atoms with Crippen LogP contribution in [0.5, 0.6) is 0 Å². The fraction of sp³-hybridized carbons (Fsp3) is 0.562. The lowest BCUT2D eigenvalue weighted by atomic mass is 9.95. The van der Waals surface area contributed by atoms with Crippen LogP contribution in [0.3, 0.4) is 0 Å². The van der Waals surface area contributed by atoms with Crippen molar-refractivity contribution in [1.29, 1.82) is 0 Å². The molecule has 1 fully saturated rings. The summed E-state index contributed by atoms with van der Waals surface area (Å²) in [4.78, 5) is 14.6. The van der Waals surface area contributed by atoms with Gasteiger partial charge in [-0.15, -0.1) is 0 Å². The molecule has 3 heteroatoms. The molecule has 104 valence electrons. The van der Waals surface area contributed by atoms with Gasteiger partial charge >= 0.3 is 0 Å². The van der Waals surface area contributed by atoms with E-state index in [0.717, 1.165) is 38.0 Å². The summed E-state index contributed by atoms with van der Waals surface area (Å²) in [6, 6.07) is 9.50. The maximum Gasteiger partial charge on any atom is 0.166 e. The van der Waals surface area contributed by atoms with Crippen molar-refractivity contribution >= 4 is 5.78 Å². The normalized spacial score (nSPS) is 22.1. The molecule has 0 bridgehead atoms. The Bertz CT molecular complexity index is 404. The van der Waals surface area contributed by atoms with E-state index in [1.54, 1.807) is 0 Å². The van der Waals surface area contributed by atoms with Crippen molar-refractivity contribution in [2.75, 3.05) is 26.2 Å². The number of Topliss-reactive ketones (excluding diaryl/α,β-unsaturated/α-hetero) is 1. The van der Waals surface area contributed by atoms with E-state index in [1.807, 2.05) is 37.3 Å². The maximum absolute atomic E-state index is 12.3. The van der Waals surface area contributed by atoms with Crippen LogP contribution in [-0.2, 0) is 0 Å². The number of hydrogen-bond acceptors (Lipinski definition) is 3. The number of likely N-dealkylation sites (tertiary alicyclic amines) is 1. The Hall–Kier alpha value is -1.19. The minimum absolute atomic E-state index is 0.0137. The second-order valence-corrected chi connectivity index (χ2v) is 5.58. The largest absolute Gasteiger partial charge is 0.396 e. The molecule has 1 aliphatic rings. The summed E-state index contributed by atoms with van der Waals surface area (Å²) in [6.07, 6.45) is 2.23. The summed E-state index contributed by atoms with van der Waals surface area (Å²) in [5.41, 5.74) is 0.797. The van der Waals surface area contributed by atoms with Gasteiger partial charge in [0.15, 0.2) is 5.78 Å². The van der Waals surface area contributed by atoms with Crippen LogP contribution in [0.2, 0.25) is 0 Å². The molecule has 1 N–H and O–H groups in total. The van der Waals surface area contributed by atoms with Crippen molar-refractivity contribution in [3.8, 4) is 0 Å². The van der Waals surface area contributed by atoms with Gasteiger partial charge in [0.05, 0.1) is 0 Å². The summed E-state index contributed by atoms with van der Waals surface area (Å²) in [5.74, 6) is 0.611. The summed E-state index contributed by atoms with van der Waals surface area (Å²) in [6.45, 7) is 5.02. The van der Waals surface area contributed by atoms with Gasteiger partial charge in [0.1, 0.15) is 0 Å². The molecule has 0 radical (unpaired) electrons. The van der Waals surface area contributed by atoms with E-state index >= 15 is 0 Å². The Morgan fingerprint density at radius 1 is 1.42 bits per heavy atom. The van der Waals surface area contributed by atoms with Crippen molar-refractivity contribution in [2.45, 2.75) is 19.8 Å². The molecule has 0 aliphatic carbocycles. The number of ketones is 1. The van der Waals surface area contributed by atoms with Gasteiger partial charge in [0.2, 0.25) is 0 Å².